The largest absolute Gasteiger partial charge is 0.373 e. The van der Waals surface area contributed by atoms with Crippen LogP contribution in [-0.2, 0) is 16.5 Å². The summed E-state index contributed by atoms with van der Waals surface area (Å²) in [6.45, 7) is 4.71. The Kier molecular flexibility index (Phi) is 6.37. The molecule has 1 unspecified atom stereocenters. The van der Waals surface area contributed by atoms with Gasteiger partial charge in [0.15, 0.2) is 0 Å². The van der Waals surface area contributed by atoms with Crippen LogP contribution in [0.25, 0.3) is 0 Å². The molecule has 0 bridgehead atoms. The van der Waals surface area contributed by atoms with E-state index in [9.17, 15) is 0 Å². The first-order valence-electron chi connectivity index (χ1n) is 8.88. The summed E-state index contributed by atoms with van der Waals surface area (Å²) in [5, 5.41) is 2.47. The number of benzene rings is 2. The van der Waals surface area contributed by atoms with E-state index in [4.69, 9.17) is 16.5 Å². The highest BCUT2D eigenvalue weighted by molar-refractivity contribution is 8.21. The highest BCUT2D eigenvalue weighted by Crippen LogP contribution is 2.47. The number of hydrogen-bond donors (Lipinski definition) is 0. The van der Waals surface area contributed by atoms with Gasteiger partial charge < -0.3 is 4.74 Å². The molecule has 1 aromatic heterocycles. The van der Waals surface area contributed by atoms with Crippen molar-refractivity contribution in [2.45, 2.75) is 20.0 Å². The van der Waals surface area contributed by atoms with E-state index in [0.717, 1.165) is 17.4 Å². The highest BCUT2D eigenvalue weighted by atomic mass is 32.4. The molecule has 2 aromatic carbocycles. The zero-order valence-electron chi connectivity index (χ0n) is 15.2. The van der Waals surface area contributed by atoms with Gasteiger partial charge in [-0.2, -0.15) is 0 Å². The van der Waals surface area contributed by atoms with Gasteiger partial charge in [0.1, 0.15) is 0 Å². The minimum absolute atomic E-state index is 0.0343. The van der Waals surface area contributed by atoms with Crippen molar-refractivity contribution in [2.75, 3.05) is 12.8 Å². The quantitative estimate of drug-likeness (QED) is 0.559. The maximum atomic E-state index is 6.37. The van der Waals surface area contributed by atoms with E-state index in [1.54, 1.807) is 0 Å². The van der Waals surface area contributed by atoms with Crippen molar-refractivity contribution in [3.8, 4) is 0 Å². The van der Waals surface area contributed by atoms with Crippen LogP contribution in [0.4, 0.5) is 0 Å². The van der Waals surface area contributed by atoms with Gasteiger partial charge in [0.2, 0.25) is 0 Å². The molecule has 0 aliphatic rings. The molecule has 2 nitrogen and oxygen atoms in total. The maximum Gasteiger partial charge on any atom is 0.0878 e. The smallest absolute Gasteiger partial charge is 0.0878 e. The molecule has 0 aliphatic heterocycles. The third kappa shape index (κ3) is 4.29. The number of nitrogens with zero attached hydrogens (tertiary/aromatic N) is 1. The van der Waals surface area contributed by atoms with Gasteiger partial charge in [0.25, 0.3) is 0 Å². The Morgan fingerprint density at radius 2 is 1.54 bits per heavy atom. The normalized spacial score (nSPS) is 12.7. The zero-order chi connectivity index (χ0) is 18.4. The molecule has 0 spiro atoms. The van der Waals surface area contributed by atoms with E-state index in [1.165, 1.54) is 10.6 Å². The number of aryl methyl sites for hydroxylation is 1. The van der Waals surface area contributed by atoms with Crippen LogP contribution in [0.5, 0.6) is 0 Å². The predicted molar refractivity (Wildman–Crippen MR) is 115 cm³/mol. The van der Waals surface area contributed by atoms with Crippen molar-refractivity contribution in [1.29, 1.82) is 0 Å². The first kappa shape index (κ1) is 19.0. The molecule has 0 fully saturated rings. The average Bonchev–Trinajstić information content (AvgIpc) is 2.69. The minimum atomic E-state index is -2.00. The molecule has 3 rings (SSSR count). The van der Waals surface area contributed by atoms with Crippen molar-refractivity contribution in [1.82, 2.24) is 4.98 Å². The molecule has 0 radical (unpaired) electrons. The monoisotopic (exact) mass is 381 g/mol. The fourth-order valence-corrected chi connectivity index (χ4v) is 7.10. The Hall–Kier alpha value is -1.80. The second kappa shape index (κ2) is 8.73. The minimum Gasteiger partial charge on any atom is -0.373 e. The van der Waals surface area contributed by atoms with Gasteiger partial charge in [-0.15, -0.1) is 0 Å². The molecule has 3 aromatic rings. The maximum absolute atomic E-state index is 6.37. The van der Waals surface area contributed by atoms with Gasteiger partial charge in [0, 0.05) is 30.7 Å². The summed E-state index contributed by atoms with van der Waals surface area (Å²) >= 11 is 6.37. The van der Waals surface area contributed by atoms with Crippen LogP contribution < -0.4 is 10.6 Å². The molecule has 1 heterocycles. The topological polar surface area (TPSA) is 22.1 Å². The number of ether oxygens (including phenoxy) is 1. The molecule has 1 atom stereocenters. The lowest BCUT2D eigenvalue weighted by molar-refractivity contribution is 0.0791. The molecule has 134 valence electrons. The Morgan fingerprint density at radius 3 is 2.04 bits per heavy atom. The third-order valence-electron chi connectivity index (χ3n) is 4.43. The Balaban J connectivity index is 2.05. The van der Waals surface area contributed by atoms with E-state index in [-0.39, 0.29) is 6.10 Å². The van der Waals surface area contributed by atoms with Crippen LogP contribution >= 0.6 is 6.04 Å². The van der Waals surface area contributed by atoms with Gasteiger partial charge in [-0.25, -0.2) is 0 Å². The van der Waals surface area contributed by atoms with Crippen molar-refractivity contribution >= 4 is 28.5 Å². The molecule has 0 amide bonds. The summed E-state index contributed by atoms with van der Waals surface area (Å²) < 4.78 is 6.16. The van der Waals surface area contributed by atoms with Crippen molar-refractivity contribution in [2.24, 2.45) is 0 Å². The summed E-state index contributed by atoms with van der Waals surface area (Å²) in [5.74, 6) is 0. The Labute approximate surface area is 161 Å². The molecule has 4 heteroatoms. The van der Waals surface area contributed by atoms with Crippen molar-refractivity contribution < 1.29 is 4.74 Å². The Bertz CT molecular complexity index is 839. The molecule has 26 heavy (non-hydrogen) atoms. The van der Waals surface area contributed by atoms with Gasteiger partial charge >= 0.3 is 0 Å². The summed E-state index contributed by atoms with van der Waals surface area (Å²) in [6, 6.07) is 23.2. The second-order valence-corrected chi connectivity index (χ2v) is 11.0. The SMILES string of the molecule is CCOC(CP(=S)(c1ccccc1)c1ccccc1)c1ccnc(C)c1. The fourth-order valence-electron chi connectivity index (χ4n) is 3.15. The van der Waals surface area contributed by atoms with Gasteiger partial charge in [-0.05, 0) is 42.2 Å². The number of pyridine rings is 1. The molecule has 0 aliphatic carbocycles. The highest BCUT2D eigenvalue weighted by Gasteiger charge is 2.27. The molecule has 0 saturated heterocycles. The van der Waals surface area contributed by atoms with Crippen LogP contribution in [0, 0.1) is 6.92 Å². The van der Waals surface area contributed by atoms with Crippen LogP contribution in [0.1, 0.15) is 24.3 Å². The second-order valence-electron chi connectivity index (χ2n) is 6.27. The molecule has 0 N–H and O–H groups in total. The van der Waals surface area contributed by atoms with Crippen LogP contribution in [0.2, 0.25) is 0 Å². The van der Waals surface area contributed by atoms with Crippen molar-refractivity contribution in [3.05, 3.63) is 90.3 Å². The van der Waals surface area contributed by atoms with Gasteiger partial charge in [-0.1, -0.05) is 72.5 Å². The number of rotatable bonds is 7. The lowest BCUT2D eigenvalue weighted by atomic mass is 10.1. The first-order chi connectivity index (χ1) is 12.6. The standard InChI is InChI=1S/C22H24NOPS/c1-3-24-22(19-14-15-23-18(2)16-19)17-25(26,20-10-6-4-7-11-20)21-12-8-5-9-13-21/h4-16,22H,3,17H2,1-2H3. The van der Waals surface area contributed by atoms with Gasteiger partial charge in [-0.3, -0.25) is 4.98 Å². The van der Waals surface area contributed by atoms with Crippen LogP contribution in [-0.4, -0.2) is 17.8 Å². The summed E-state index contributed by atoms with van der Waals surface area (Å²) in [4.78, 5) is 4.32. The first-order valence-corrected chi connectivity index (χ1v) is 11.9. The van der Waals surface area contributed by atoms with Crippen LogP contribution in [0.3, 0.4) is 0 Å². The van der Waals surface area contributed by atoms with E-state index in [1.807, 2.05) is 38.2 Å². The van der Waals surface area contributed by atoms with E-state index in [0.29, 0.717) is 6.61 Å². The van der Waals surface area contributed by atoms with Gasteiger partial charge in [0.05, 0.1) is 6.10 Å². The molecular formula is C22H24NOPS. The molecule has 0 saturated carbocycles. The van der Waals surface area contributed by atoms with Crippen molar-refractivity contribution in [3.63, 3.8) is 0 Å². The van der Waals surface area contributed by atoms with E-state index >= 15 is 0 Å². The fraction of sp³-hybridized carbons (Fsp3) is 0.227. The van der Waals surface area contributed by atoms with E-state index < -0.39 is 6.04 Å². The third-order valence-corrected chi connectivity index (χ3v) is 9.25. The summed E-state index contributed by atoms with van der Waals surface area (Å²) in [7, 11) is 0. The van der Waals surface area contributed by atoms with Crippen LogP contribution in [0.15, 0.2) is 79.0 Å². The average molecular weight is 381 g/mol. The zero-order valence-corrected chi connectivity index (χ0v) is 16.9. The predicted octanol–water partition coefficient (Wildman–Crippen LogP) is 4.60. The lowest BCUT2D eigenvalue weighted by Gasteiger charge is -2.28. The number of hydrogen-bond acceptors (Lipinski definition) is 3. The lowest BCUT2D eigenvalue weighted by Crippen LogP contribution is -2.22. The number of aromatic nitrogens is 1. The Morgan fingerprint density at radius 1 is 0.962 bits per heavy atom. The molecular weight excluding hydrogens is 357 g/mol. The summed E-state index contributed by atoms with van der Waals surface area (Å²) in [6.07, 6.45) is 2.62. The summed E-state index contributed by atoms with van der Waals surface area (Å²) in [5.41, 5.74) is 2.15. The van der Waals surface area contributed by atoms with E-state index in [2.05, 4.69) is 59.6 Å².